The van der Waals surface area contributed by atoms with Crippen molar-refractivity contribution in [3.05, 3.63) is 52.8 Å². The number of carbonyl (C=O) groups is 1. The average molecular weight is 295 g/mol. The fourth-order valence-electron chi connectivity index (χ4n) is 1.95. The Morgan fingerprint density at radius 3 is 2.65 bits per heavy atom. The number of rotatable bonds is 4. The van der Waals surface area contributed by atoms with Gasteiger partial charge in [0, 0.05) is 0 Å². The maximum absolute atomic E-state index is 13.5. The van der Waals surface area contributed by atoms with Gasteiger partial charge in [0.2, 0.25) is 0 Å². The molecule has 0 aliphatic heterocycles. The predicted molar refractivity (Wildman–Crippen MR) is 74.7 cm³/mol. The summed E-state index contributed by atoms with van der Waals surface area (Å²) in [6.07, 6.45) is -0.170. The largest absolute Gasteiger partial charge is 0.497 e. The number of halogens is 2. The number of carboxylic acids is 1. The number of hydrogen-bond acceptors (Lipinski definition) is 2. The second kappa shape index (κ2) is 5.92. The van der Waals surface area contributed by atoms with Crippen LogP contribution in [-0.2, 0) is 11.2 Å². The van der Waals surface area contributed by atoms with E-state index < -0.39 is 11.8 Å². The summed E-state index contributed by atoms with van der Waals surface area (Å²) < 4.78 is 18.6. The summed E-state index contributed by atoms with van der Waals surface area (Å²) in [6.45, 7) is 0. The van der Waals surface area contributed by atoms with Crippen molar-refractivity contribution < 1.29 is 19.0 Å². The molecule has 0 atom stereocenters. The fraction of sp³-hybridized carbons (Fsp3) is 0.133. The molecule has 0 saturated carbocycles. The number of benzene rings is 2. The van der Waals surface area contributed by atoms with E-state index >= 15 is 0 Å². The molecule has 0 saturated heterocycles. The van der Waals surface area contributed by atoms with Gasteiger partial charge < -0.3 is 9.84 Å². The zero-order chi connectivity index (χ0) is 14.7. The van der Waals surface area contributed by atoms with Crippen LogP contribution in [0.5, 0.6) is 5.75 Å². The first-order valence-corrected chi connectivity index (χ1v) is 6.23. The topological polar surface area (TPSA) is 46.5 Å². The number of methoxy groups -OCH3 is 1. The summed E-state index contributed by atoms with van der Waals surface area (Å²) in [4.78, 5) is 10.9. The predicted octanol–water partition coefficient (Wildman–Crippen LogP) is 3.78. The van der Waals surface area contributed by atoms with Crippen molar-refractivity contribution in [1.82, 2.24) is 0 Å². The van der Waals surface area contributed by atoms with Crippen LogP contribution in [-0.4, -0.2) is 18.2 Å². The molecule has 2 aromatic rings. The summed E-state index contributed by atoms with van der Waals surface area (Å²) >= 11 is 5.65. The molecule has 2 rings (SSSR count). The van der Waals surface area contributed by atoms with Crippen LogP contribution in [0.25, 0.3) is 11.1 Å². The molecule has 2 aromatic carbocycles. The molecule has 0 heterocycles. The van der Waals surface area contributed by atoms with E-state index in [1.54, 1.807) is 24.3 Å². The Kier molecular flexibility index (Phi) is 4.25. The van der Waals surface area contributed by atoms with Gasteiger partial charge in [-0.1, -0.05) is 23.7 Å². The molecule has 0 aliphatic carbocycles. The molecule has 0 unspecified atom stereocenters. The number of aliphatic carboxylic acids is 1. The van der Waals surface area contributed by atoms with E-state index in [1.165, 1.54) is 19.2 Å². The second-order valence-corrected chi connectivity index (χ2v) is 4.63. The number of hydrogen-bond donors (Lipinski definition) is 1. The highest BCUT2D eigenvalue weighted by Crippen LogP contribution is 2.30. The Morgan fingerprint density at radius 1 is 1.30 bits per heavy atom. The highest BCUT2D eigenvalue weighted by molar-refractivity contribution is 6.30. The van der Waals surface area contributed by atoms with Crippen molar-refractivity contribution in [2.24, 2.45) is 0 Å². The van der Waals surface area contributed by atoms with Crippen molar-refractivity contribution in [1.29, 1.82) is 0 Å². The van der Waals surface area contributed by atoms with Crippen LogP contribution in [0.2, 0.25) is 5.02 Å². The van der Waals surface area contributed by atoms with Crippen molar-refractivity contribution >= 4 is 17.6 Å². The Morgan fingerprint density at radius 2 is 2.05 bits per heavy atom. The molecule has 5 heteroatoms. The quantitative estimate of drug-likeness (QED) is 0.933. The minimum absolute atomic E-state index is 0.0297. The third-order valence-corrected chi connectivity index (χ3v) is 3.19. The monoisotopic (exact) mass is 294 g/mol. The van der Waals surface area contributed by atoms with Gasteiger partial charge in [-0.15, -0.1) is 0 Å². The van der Waals surface area contributed by atoms with Gasteiger partial charge in [-0.3, -0.25) is 4.79 Å². The first kappa shape index (κ1) is 14.3. The van der Waals surface area contributed by atoms with Gasteiger partial charge in [0.25, 0.3) is 0 Å². The Labute approximate surface area is 120 Å². The zero-order valence-corrected chi connectivity index (χ0v) is 11.4. The molecule has 0 bridgehead atoms. The maximum atomic E-state index is 13.5. The lowest BCUT2D eigenvalue weighted by Crippen LogP contribution is -2.02. The average Bonchev–Trinajstić information content (AvgIpc) is 2.41. The lowest BCUT2D eigenvalue weighted by atomic mass is 9.97. The highest BCUT2D eigenvalue weighted by atomic mass is 35.5. The molecule has 0 aromatic heterocycles. The minimum Gasteiger partial charge on any atom is -0.497 e. The van der Waals surface area contributed by atoms with Crippen molar-refractivity contribution in [2.45, 2.75) is 6.42 Å². The van der Waals surface area contributed by atoms with Gasteiger partial charge in [0.05, 0.1) is 18.6 Å². The molecule has 0 amide bonds. The summed E-state index contributed by atoms with van der Waals surface area (Å²) in [5.74, 6) is -0.949. The molecule has 104 valence electrons. The minimum atomic E-state index is -0.964. The molecule has 0 aliphatic rings. The summed E-state index contributed by atoms with van der Waals surface area (Å²) in [5.41, 5.74) is 1.77. The van der Waals surface area contributed by atoms with Crippen molar-refractivity contribution in [3.63, 3.8) is 0 Å². The van der Waals surface area contributed by atoms with E-state index in [-0.39, 0.29) is 11.4 Å². The zero-order valence-electron chi connectivity index (χ0n) is 10.7. The van der Waals surface area contributed by atoms with Crippen LogP contribution in [0.15, 0.2) is 36.4 Å². The SMILES string of the molecule is COc1ccc(-c2ccc(Cl)c(F)c2)c(CC(=O)O)c1. The van der Waals surface area contributed by atoms with Gasteiger partial charge in [-0.05, 0) is 41.0 Å². The first-order chi connectivity index (χ1) is 9.51. The second-order valence-electron chi connectivity index (χ2n) is 4.22. The van der Waals surface area contributed by atoms with Gasteiger partial charge >= 0.3 is 5.97 Å². The third kappa shape index (κ3) is 3.08. The molecule has 20 heavy (non-hydrogen) atoms. The maximum Gasteiger partial charge on any atom is 0.307 e. The van der Waals surface area contributed by atoms with Crippen LogP contribution in [0.3, 0.4) is 0 Å². The third-order valence-electron chi connectivity index (χ3n) is 2.88. The normalized spacial score (nSPS) is 10.3. The Bertz CT molecular complexity index is 656. The fourth-order valence-corrected chi connectivity index (χ4v) is 2.07. The van der Waals surface area contributed by atoms with E-state index in [0.29, 0.717) is 22.4 Å². The van der Waals surface area contributed by atoms with E-state index in [9.17, 15) is 9.18 Å². The van der Waals surface area contributed by atoms with Gasteiger partial charge in [0.15, 0.2) is 0 Å². The molecule has 0 radical (unpaired) electrons. The smallest absolute Gasteiger partial charge is 0.307 e. The van der Waals surface area contributed by atoms with Crippen LogP contribution in [0.1, 0.15) is 5.56 Å². The highest BCUT2D eigenvalue weighted by Gasteiger charge is 2.12. The van der Waals surface area contributed by atoms with Crippen molar-refractivity contribution in [2.75, 3.05) is 7.11 Å². The van der Waals surface area contributed by atoms with Crippen LogP contribution in [0, 0.1) is 5.82 Å². The molecule has 0 fully saturated rings. The summed E-state index contributed by atoms with van der Waals surface area (Å²) in [7, 11) is 1.50. The van der Waals surface area contributed by atoms with Gasteiger partial charge in [-0.2, -0.15) is 0 Å². The lowest BCUT2D eigenvalue weighted by Gasteiger charge is -2.11. The molecule has 1 N–H and O–H groups in total. The van der Waals surface area contributed by atoms with Crippen LogP contribution >= 0.6 is 11.6 Å². The number of carboxylic acid groups (broad SMARTS) is 1. The first-order valence-electron chi connectivity index (χ1n) is 5.85. The van der Waals surface area contributed by atoms with Crippen LogP contribution in [0.4, 0.5) is 4.39 Å². The Balaban J connectivity index is 2.53. The summed E-state index contributed by atoms with van der Waals surface area (Å²) in [5, 5.41) is 8.99. The van der Waals surface area contributed by atoms with Crippen LogP contribution < -0.4 is 4.74 Å². The lowest BCUT2D eigenvalue weighted by molar-refractivity contribution is -0.136. The number of ether oxygens (including phenoxy) is 1. The van der Waals surface area contributed by atoms with E-state index in [2.05, 4.69) is 0 Å². The van der Waals surface area contributed by atoms with E-state index in [4.69, 9.17) is 21.4 Å². The molecule has 3 nitrogen and oxygen atoms in total. The van der Waals surface area contributed by atoms with E-state index in [0.717, 1.165) is 0 Å². The molecular formula is C15H12ClFO3. The summed E-state index contributed by atoms with van der Waals surface area (Å²) in [6, 6.07) is 9.43. The molecular weight excluding hydrogens is 283 g/mol. The van der Waals surface area contributed by atoms with Crippen molar-refractivity contribution in [3.8, 4) is 16.9 Å². The van der Waals surface area contributed by atoms with E-state index in [1.807, 2.05) is 0 Å². The standard InChI is InChI=1S/C15H12ClFO3/c1-20-11-3-4-12(10(6-11)8-15(18)19)9-2-5-13(16)14(17)7-9/h2-7H,8H2,1H3,(H,18,19). The Hall–Kier alpha value is -2.07. The molecule has 0 spiro atoms. The van der Waals surface area contributed by atoms with Gasteiger partial charge in [-0.25, -0.2) is 4.39 Å². The van der Waals surface area contributed by atoms with Gasteiger partial charge in [0.1, 0.15) is 11.6 Å².